The third-order valence-electron chi connectivity index (χ3n) is 3.39. The van der Waals surface area contributed by atoms with Crippen LogP contribution in [0.1, 0.15) is 10.5 Å². The molecule has 0 fully saturated rings. The van der Waals surface area contributed by atoms with Crippen LogP contribution in [-0.4, -0.2) is 33.2 Å². The van der Waals surface area contributed by atoms with E-state index in [0.717, 1.165) is 22.9 Å². The second-order valence-electron chi connectivity index (χ2n) is 4.98. The maximum Gasteiger partial charge on any atom is 0.358 e. The van der Waals surface area contributed by atoms with Crippen LogP contribution in [0.3, 0.4) is 0 Å². The third-order valence-corrected chi connectivity index (χ3v) is 3.39. The van der Waals surface area contributed by atoms with Crippen LogP contribution >= 0.6 is 0 Å². The summed E-state index contributed by atoms with van der Waals surface area (Å²) >= 11 is 0. The number of hydrogen-bond donors (Lipinski definition) is 1. The van der Waals surface area contributed by atoms with Gasteiger partial charge in [0.1, 0.15) is 17.3 Å². The summed E-state index contributed by atoms with van der Waals surface area (Å²) < 4.78 is 46.8. The molecule has 128 valence electrons. The van der Waals surface area contributed by atoms with Gasteiger partial charge in [0.15, 0.2) is 17.3 Å². The zero-order valence-electron chi connectivity index (χ0n) is 12.7. The molecule has 1 N–H and O–H groups in total. The molecule has 1 heterocycles. The van der Waals surface area contributed by atoms with Gasteiger partial charge in [-0.2, -0.15) is 0 Å². The average Bonchev–Trinajstić information content (AvgIpc) is 2.99. The van der Waals surface area contributed by atoms with Crippen molar-refractivity contribution >= 4 is 5.97 Å². The van der Waals surface area contributed by atoms with Gasteiger partial charge in [-0.3, -0.25) is 0 Å². The van der Waals surface area contributed by atoms with Crippen LogP contribution in [0.15, 0.2) is 36.4 Å². The molecule has 0 unspecified atom stereocenters. The van der Waals surface area contributed by atoms with Gasteiger partial charge in [-0.1, -0.05) is 5.21 Å². The van der Waals surface area contributed by atoms with Crippen molar-refractivity contribution in [2.75, 3.05) is 7.11 Å². The molecule has 0 amide bonds. The van der Waals surface area contributed by atoms with E-state index in [9.17, 15) is 23.1 Å². The quantitative estimate of drug-likeness (QED) is 0.783. The standard InChI is InChI=1S/C16H10F3N3O3/c1-25-13-3-2-11(7-12(13)19)22-15(14(16(23)24)20-21-22)8-4-9(17)6-10(18)5-8/h2-7H,1H3,(H,23,24). The van der Waals surface area contributed by atoms with E-state index in [1.165, 1.54) is 19.2 Å². The fraction of sp³-hybridized carbons (Fsp3) is 0.0625. The summed E-state index contributed by atoms with van der Waals surface area (Å²) in [6.07, 6.45) is 0. The molecule has 1 aromatic heterocycles. The molecule has 0 radical (unpaired) electrons. The van der Waals surface area contributed by atoms with Gasteiger partial charge in [-0.05, 0) is 24.3 Å². The van der Waals surface area contributed by atoms with E-state index in [1.54, 1.807) is 0 Å². The van der Waals surface area contributed by atoms with Crippen LogP contribution < -0.4 is 4.74 Å². The second kappa shape index (κ2) is 6.27. The second-order valence-corrected chi connectivity index (χ2v) is 4.98. The van der Waals surface area contributed by atoms with Gasteiger partial charge in [0, 0.05) is 17.7 Å². The molecule has 0 saturated heterocycles. The van der Waals surface area contributed by atoms with E-state index in [-0.39, 0.29) is 22.7 Å². The fourth-order valence-electron chi connectivity index (χ4n) is 2.34. The molecule has 3 aromatic rings. The number of methoxy groups -OCH3 is 1. The highest BCUT2D eigenvalue weighted by molar-refractivity contribution is 5.93. The molecule has 9 heteroatoms. The Morgan fingerprint density at radius 3 is 2.36 bits per heavy atom. The van der Waals surface area contributed by atoms with Crippen LogP contribution in [0.4, 0.5) is 13.2 Å². The summed E-state index contributed by atoms with van der Waals surface area (Å²) in [5.41, 5.74) is -0.703. The zero-order chi connectivity index (χ0) is 18.1. The minimum Gasteiger partial charge on any atom is -0.494 e. The van der Waals surface area contributed by atoms with Crippen molar-refractivity contribution in [1.82, 2.24) is 15.0 Å². The highest BCUT2D eigenvalue weighted by Crippen LogP contribution is 2.28. The number of nitrogens with zero attached hydrogens (tertiary/aromatic N) is 3. The normalized spacial score (nSPS) is 10.7. The number of rotatable bonds is 4. The van der Waals surface area contributed by atoms with E-state index < -0.39 is 29.1 Å². The Morgan fingerprint density at radius 1 is 1.12 bits per heavy atom. The minimum absolute atomic E-state index is 0.0272. The summed E-state index contributed by atoms with van der Waals surface area (Å²) in [4.78, 5) is 11.4. The largest absolute Gasteiger partial charge is 0.494 e. The molecule has 0 atom stereocenters. The Bertz CT molecular complexity index is 952. The summed E-state index contributed by atoms with van der Waals surface area (Å²) in [5, 5.41) is 16.5. The Morgan fingerprint density at radius 2 is 1.80 bits per heavy atom. The maximum absolute atomic E-state index is 13.9. The van der Waals surface area contributed by atoms with Gasteiger partial charge < -0.3 is 9.84 Å². The Balaban J connectivity index is 2.25. The number of carboxylic acids is 1. The predicted octanol–water partition coefficient (Wildman–Crippen LogP) is 3.06. The van der Waals surface area contributed by atoms with E-state index in [4.69, 9.17) is 4.74 Å². The van der Waals surface area contributed by atoms with Crippen LogP contribution in [-0.2, 0) is 0 Å². The van der Waals surface area contributed by atoms with Gasteiger partial charge in [0.2, 0.25) is 0 Å². The highest BCUT2D eigenvalue weighted by atomic mass is 19.1. The van der Waals surface area contributed by atoms with E-state index >= 15 is 0 Å². The first-order valence-electron chi connectivity index (χ1n) is 6.90. The van der Waals surface area contributed by atoms with Crippen molar-refractivity contribution in [1.29, 1.82) is 0 Å². The average molecular weight is 349 g/mol. The van der Waals surface area contributed by atoms with Crippen molar-refractivity contribution in [2.24, 2.45) is 0 Å². The number of ether oxygens (including phenoxy) is 1. The lowest BCUT2D eigenvalue weighted by Gasteiger charge is -2.09. The van der Waals surface area contributed by atoms with Crippen molar-refractivity contribution in [3.63, 3.8) is 0 Å². The number of benzene rings is 2. The summed E-state index contributed by atoms with van der Waals surface area (Å²) in [6, 6.07) is 6.27. The predicted molar refractivity (Wildman–Crippen MR) is 80.2 cm³/mol. The monoisotopic (exact) mass is 349 g/mol. The molecule has 25 heavy (non-hydrogen) atoms. The lowest BCUT2D eigenvalue weighted by atomic mass is 10.1. The zero-order valence-corrected chi connectivity index (χ0v) is 12.7. The molecule has 0 saturated carbocycles. The lowest BCUT2D eigenvalue weighted by Crippen LogP contribution is -2.04. The number of carbonyl (C=O) groups is 1. The van der Waals surface area contributed by atoms with Crippen molar-refractivity contribution in [3.8, 4) is 22.7 Å². The molecular weight excluding hydrogens is 339 g/mol. The van der Waals surface area contributed by atoms with Gasteiger partial charge in [-0.15, -0.1) is 5.10 Å². The SMILES string of the molecule is COc1ccc(-n2nnc(C(=O)O)c2-c2cc(F)cc(F)c2)cc1F. The van der Waals surface area contributed by atoms with E-state index in [2.05, 4.69) is 10.3 Å². The number of aromatic carboxylic acids is 1. The van der Waals surface area contributed by atoms with E-state index in [0.29, 0.717) is 6.07 Å². The Labute approximate surface area is 139 Å². The van der Waals surface area contributed by atoms with Crippen LogP contribution in [0.5, 0.6) is 5.75 Å². The molecule has 2 aromatic carbocycles. The molecule has 0 bridgehead atoms. The molecule has 6 nitrogen and oxygen atoms in total. The first-order valence-corrected chi connectivity index (χ1v) is 6.90. The summed E-state index contributed by atoms with van der Waals surface area (Å²) in [6.45, 7) is 0. The fourth-order valence-corrected chi connectivity index (χ4v) is 2.34. The first kappa shape index (κ1) is 16.5. The number of halogens is 3. The Kier molecular flexibility index (Phi) is 4.14. The minimum atomic E-state index is -1.44. The number of carboxylic acid groups (broad SMARTS) is 1. The lowest BCUT2D eigenvalue weighted by molar-refractivity contribution is 0.0691. The molecule has 0 spiro atoms. The van der Waals surface area contributed by atoms with Gasteiger partial charge in [0.25, 0.3) is 0 Å². The molecule has 0 aliphatic heterocycles. The van der Waals surface area contributed by atoms with Crippen LogP contribution in [0.25, 0.3) is 16.9 Å². The Hall–Kier alpha value is -3.36. The number of aromatic nitrogens is 3. The summed E-state index contributed by atoms with van der Waals surface area (Å²) in [5.74, 6) is -4.00. The maximum atomic E-state index is 13.9. The van der Waals surface area contributed by atoms with Gasteiger partial charge >= 0.3 is 5.97 Å². The molecule has 3 rings (SSSR count). The van der Waals surface area contributed by atoms with Crippen molar-refractivity contribution in [2.45, 2.75) is 0 Å². The highest BCUT2D eigenvalue weighted by Gasteiger charge is 2.23. The van der Waals surface area contributed by atoms with E-state index in [1.807, 2.05) is 0 Å². The molecule has 0 aliphatic rings. The summed E-state index contributed by atoms with van der Waals surface area (Å²) in [7, 11) is 1.29. The topological polar surface area (TPSA) is 77.2 Å². The molecular formula is C16H10F3N3O3. The third kappa shape index (κ3) is 3.03. The first-order chi connectivity index (χ1) is 11.9. The molecule has 0 aliphatic carbocycles. The van der Waals surface area contributed by atoms with Gasteiger partial charge in [-0.25, -0.2) is 22.6 Å². The van der Waals surface area contributed by atoms with Crippen molar-refractivity contribution < 1.29 is 27.8 Å². The van der Waals surface area contributed by atoms with Crippen molar-refractivity contribution in [3.05, 3.63) is 59.5 Å². The van der Waals surface area contributed by atoms with Crippen LogP contribution in [0.2, 0.25) is 0 Å². The van der Waals surface area contributed by atoms with Gasteiger partial charge in [0.05, 0.1) is 12.8 Å². The smallest absolute Gasteiger partial charge is 0.358 e. The van der Waals surface area contributed by atoms with Crippen LogP contribution in [0, 0.1) is 17.5 Å². The number of hydrogen-bond acceptors (Lipinski definition) is 4.